The Labute approximate surface area is 129 Å². The van der Waals surface area contributed by atoms with Gasteiger partial charge in [0.1, 0.15) is 0 Å². The van der Waals surface area contributed by atoms with E-state index in [1.807, 2.05) is 41.3 Å². The second-order valence-electron chi connectivity index (χ2n) is 5.50. The Hall–Kier alpha value is -1.65. The fourth-order valence-electron chi connectivity index (χ4n) is 2.98. The third-order valence-corrected chi connectivity index (χ3v) is 5.00. The molecule has 3 rings (SSSR count). The van der Waals surface area contributed by atoms with Crippen LogP contribution in [0.2, 0.25) is 0 Å². The van der Waals surface area contributed by atoms with Crippen molar-refractivity contribution in [1.82, 2.24) is 4.90 Å². The van der Waals surface area contributed by atoms with Crippen molar-refractivity contribution in [1.29, 1.82) is 0 Å². The number of hydrogen-bond acceptors (Lipinski definition) is 3. The van der Waals surface area contributed by atoms with E-state index >= 15 is 0 Å². The fraction of sp³-hybridized carbons (Fsp3) is 0.353. The summed E-state index contributed by atoms with van der Waals surface area (Å²) in [5.41, 5.74) is 7.27. The quantitative estimate of drug-likeness (QED) is 0.943. The summed E-state index contributed by atoms with van der Waals surface area (Å²) in [6.07, 6.45) is 2.71. The maximum absolute atomic E-state index is 12.7. The highest BCUT2D eigenvalue weighted by molar-refractivity contribution is 7.10. The van der Waals surface area contributed by atoms with E-state index < -0.39 is 6.04 Å². The van der Waals surface area contributed by atoms with Gasteiger partial charge in [-0.15, -0.1) is 11.3 Å². The van der Waals surface area contributed by atoms with Gasteiger partial charge in [0.2, 0.25) is 5.91 Å². The molecule has 2 atom stereocenters. The maximum atomic E-state index is 12.7. The SMILES string of the molecule is NC(Cc1ccccc1)C(=O)N1CCCC1c1cccs1. The average molecular weight is 300 g/mol. The van der Waals surface area contributed by atoms with Crippen LogP contribution in [0.1, 0.15) is 29.3 Å². The van der Waals surface area contributed by atoms with E-state index in [1.165, 1.54) is 4.88 Å². The molecule has 2 N–H and O–H groups in total. The molecule has 1 aromatic carbocycles. The van der Waals surface area contributed by atoms with Gasteiger partial charge in [0.25, 0.3) is 0 Å². The molecule has 1 saturated heterocycles. The topological polar surface area (TPSA) is 46.3 Å². The van der Waals surface area contributed by atoms with E-state index in [0.29, 0.717) is 6.42 Å². The molecule has 1 aliphatic rings. The number of nitrogens with zero attached hydrogens (tertiary/aromatic N) is 1. The van der Waals surface area contributed by atoms with Crippen LogP contribution in [-0.4, -0.2) is 23.4 Å². The standard InChI is InChI=1S/C17H20N2OS/c18-14(12-13-6-2-1-3-7-13)17(20)19-10-4-8-15(19)16-9-5-11-21-16/h1-3,5-7,9,11,14-15H,4,8,10,12,18H2. The van der Waals surface area contributed by atoms with Gasteiger partial charge in [-0.3, -0.25) is 4.79 Å². The molecule has 1 fully saturated rings. The van der Waals surface area contributed by atoms with E-state index in [4.69, 9.17) is 5.73 Å². The summed E-state index contributed by atoms with van der Waals surface area (Å²) < 4.78 is 0. The Kier molecular flexibility index (Phi) is 4.36. The smallest absolute Gasteiger partial charge is 0.240 e. The van der Waals surface area contributed by atoms with Crippen LogP contribution in [0, 0.1) is 0 Å². The Balaban J connectivity index is 1.69. The van der Waals surface area contributed by atoms with Crippen LogP contribution >= 0.6 is 11.3 Å². The molecule has 1 aromatic heterocycles. The fourth-order valence-corrected chi connectivity index (χ4v) is 3.85. The first-order valence-corrected chi connectivity index (χ1v) is 8.27. The number of carbonyl (C=O) groups is 1. The van der Waals surface area contributed by atoms with E-state index in [2.05, 4.69) is 11.4 Å². The van der Waals surface area contributed by atoms with Gasteiger partial charge in [-0.25, -0.2) is 0 Å². The van der Waals surface area contributed by atoms with Crippen molar-refractivity contribution in [3.05, 3.63) is 58.3 Å². The Bertz CT molecular complexity index is 582. The van der Waals surface area contributed by atoms with Gasteiger partial charge in [0, 0.05) is 11.4 Å². The van der Waals surface area contributed by atoms with Gasteiger partial charge in [-0.1, -0.05) is 36.4 Å². The largest absolute Gasteiger partial charge is 0.333 e. The molecule has 0 aliphatic carbocycles. The predicted molar refractivity (Wildman–Crippen MR) is 86.1 cm³/mol. The lowest BCUT2D eigenvalue weighted by atomic mass is 10.1. The average Bonchev–Trinajstić information content (AvgIpc) is 3.18. The molecule has 2 unspecified atom stereocenters. The van der Waals surface area contributed by atoms with Gasteiger partial charge < -0.3 is 10.6 Å². The zero-order chi connectivity index (χ0) is 14.7. The van der Waals surface area contributed by atoms with Crippen LogP contribution in [0.3, 0.4) is 0 Å². The monoisotopic (exact) mass is 300 g/mol. The van der Waals surface area contributed by atoms with Gasteiger partial charge in [-0.05, 0) is 36.3 Å². The Morgan fingerprint density at radius 3 is 2.81 bits per heavy atom. The molecule has 3 nitrogen and oxygen atoms in total. The molecule has 2 heterocycles. The first-order valence-electron chi connectivity index (χ1n) is 7.39. The number of likely N-dealkylation sites (tertiary alicyclic amines) is 1. The molecule has 0 radical (unpaired) electrons. The number of hydrogen-bond donors (Lipinski definition) is 1. The Morgan fingerprint density at radius 1 is 1.29 bits per heavy atom. The second kappa shape index (κ2) is 6.41. The Morgan fingerprint density at radius 2 is 2.10 bits per heavy atom. The number of benzene rings is 1. The summed E-state index contributed by atoms with van der Waals surface area (Å²) in [6, 6.07) is 13.9. The highest BCUT2D eigenvalue weighted by atomic mass is 32.1. The van der Waals surface area contributed by atoms with E-state index in [0.717, 1.165) is 24.9 Å². The number of thiophene rings is 1. The summed E-state index contributed by atoms with van der Waals surface area (Å²) in [5.74, 6) is 0.0785. The molecule has 2 aromatic rings. The van der Waals surface area contributed by atoms with Crippen molar-refractivity contribution in [3.63, 3.8) is 0 Å². The van der Waals surface area contributed by atoms with Crippen LogP contribution in [0.5, 0.6) is 0 Å². The van der Waals surface area contributed by atoms with E-state index in [-0.39, 0.29) is 11.9 Å². The van der Waals surface area contributed by atoms with Crippen LogP contribution in [-0.2, 0) is 11.2 Å². The van der Waals surface area contributed by atoms with Crippen LogP contribution in [0.15, 0.2) is 47.8 Å². The first kappa shape index (κ1) is 14.3. The number of amides is 1. The van der Waals surface area contributed by atoms with Crippen LogP contribution in [0.25, 0.3) is 0 Å². The normalized spacial score (nSPS) is 19.7. The van der Waals surface area contributed by atoms with Crippen LogP contribution < -0.4 is 5.73 Å². The summed E-state index contributed by atoms with van der Waals surface area (Å²) in [7, 11) is 0. The number of rotatable bonds is 4. The van der Waals surface area contributed by atoms with Crippen molar-refractivity contribution in [2.24, 2.45) is 5.73 Å². The molecule has 21 heavy (non-hydrogen) atoms. The summed E-state index contributed by atoms with van der Waals surface area (Å²) >= 11 is 1.72. The van der Waals surface area contributed by atoms with Crippen molar-refractivity contribution < 1.29 is 4.79 Å². The van der Waals surface area contributed by atoms with Crippen molar-refractivity contribution in [2.45, 2.75) is 31.3 Å². The maximum Gasteiger partial charge on any atom is 0.240 e. The zero-order valence-corrected chi connectivity index (χ0v) is 12.8. The minimum absolute atomic E-state index is 0.0785. The zero-order valence-electron chi connectivity index (χ0n) is 11.9. The molecular weight excluding hydrogens is 280 g/mol. The van der Waals surface area contributed by atoms with Gasteiger partial charge >= 0.3 is 0 Å². The third-order valence-electron chi connectivity index (χ3n) is 4.02. The van der Waals surface area contributed by atoms with Crippen molar-refractivity contribution in [2.75, 3.05) is 6.54 Å². The van der Waals surface area contributed by atoms with Crippen molar-refractivity contribution >= 4 is 17.2 Å². The number of nitrogens with two attached hydrogens (primary N) is 1. The third kappa shape index (κ3) is 3.17. The molecule has 1 aliphatic heterocycles. The molecule has 0 saturated carbocycles. The summed E-state index contributed by atoms with van der Waals surface area (Å²) in [6.45, 7) is 0.823. The van der Waals surface area contributed by atoms with E-state index in [9.17, 15) is 4.79 Å². The molecular formula is C17H20N2OS. The highest BCUT2D eigenvalue weighted by Gasteiger charge is 2.33. The molecule has 0 bridgehead atoms. The lowest BCUT2D eigenvalue weighted by Gasteiger charge is -2.27. The van der Waals surface area contributed by atoms with Crippen LogP contribution in [0.4, 0.5) is 0 Å². The summed E-state index contributed by atoms with van der Waals surface area (Å²) in [5, 5.41) is 2.07. The van der Waals surface area contributed by atoms with Gasteiger partial charge in [0.05, 0.1) is 12.1 Å². The van der Waals surface area contributed by atoms with E-state index in [1.54, 1.807) is 11.3 Å². The first-order chi connectivity index (χ1) is 10.3. The molecule has 110 valence electrons. The lowest BCUT2D eigenvalue weighted by molar-refractivity contribution is -0.133. The van der Waals surface area contributed by atoms with Gasteiger partial charge in [-0.2, -0.15) is 0 Å². The minimum Gasteiger partial charge on any atom is -0.333 e. The lowest BCUT2D eigenvalue weighted by Crippen LogP contribution is -2.44. The molecule has 0 spiro atoms. The molecule has 4 heteroatoms. The van der Waals surface area contributed by atoms with Gasteiger partial charge in [0.15, 0.2) is 0 Å². The minimum atomic E-state index is -0.451. The summed E-state index contributed by atoms with van der Waals surface area (Å²) in [4.78, 5) is 15.9. The second-order valence-corrected chi connectivity index (χ2v) is 6.48. The highest BCUT2D eigenvalue weighted by Crippen LogP contribution is 2.34. The number of carbonyl (C=O) groups excluding carboxylic acids is 1. The molecule has 1 amide bonds. The predicted octanol–water partition coefficient (Wildman–Crippen LogP) is 2.98. The van der Waals surface area contributed by atoms with Crippen molar-refractivity contribution in [3.8, 4) is 0 Å².